The van der Waals surface area contributed by atoms with Gasteiger partial charge in [0.2, 0.25) is 0 Å². The van der Waals surface area contributed by atoms with E-state index in [1.54, 1.807) is 6.92 Å². The van der Waals surface area contributed by atoms with E-state index >= 15 is 0 Å². The van der Waals surface area contributed by atoms with Crippen LogP contribution in [0.4, 0.5) is 8.78 Å². The number of pyridine rings is 1. The molecule has 0 atom stereocenters. The monoisotopic (exact) mass is 260 g/mol. The Bertz CT molecular complexity index is 486. The minimum atomic E-state index is -2.81. The highest BCUT2D eigenvalue weighted by Gasteiger charge is 2.18. The van der Waals surface area contributed by atoms with Crippen molar-refractivity contribution in [2.75, 3.05) is 6.61 Å². The van der Waals surface area contributed by atoms with Crippen LogP contribution in [-0.4, -0.2) is 17.6 Å². The quantitative estimate of drug-likeness (QED) is 0.769. The molecular weight excluding hydrogens is 246 g/mol. The standard InChI is InChI=1S/C11H14F2N2O3/c1-2-18-8(16)3-6-5-15-9(11(12)13)7(4-14)10(6)17/h5,11H,2-4,14H2,1H3,(H,15,17). The van der Waals surface area contributed by atoms with Crippen LogP contribution in [0, 0.1) is 0 Å². The van der Waals surface area contributed by atoms with Crippen molar-refractivity contribution >= 4 is 5.97 Å². The van der Waals surface area contributed by atoms with Crippen molar-refractivity contribution in [3.05, 3.63) is 33.2 Å². The van der Waals surface area contributed by atoms with Gasteiger partial charge in [0.05, 0.1) is 18.7 Å². The molecule has 0 aliphatic carbocycles. The number of esters is 1. The molecule has 0 amide bonds. The largest absolute Gasteiger partial charge is 0.466 e. The van der Waals surface area contributed by atoms with Crippen molar-refractivity contribution in [3.8, 4) is 0 Å². The minimum Gasteiger partial charge on any atom is -0.466 e. The number of carbonyl (C=O) groups excluding carboxylic acids is 1. The maximum atomic E-state index is 12.6. The molecule has 1 heterocycles. The number of aromatic nitrogens is 1. The molecule has 5 nitrogen and oxygen atoms in total. The third kappa shape index (κ3) is 3.13. The average molecular weight is 260 g/mol. The first-order chi connectivity index (χ1) is 8.51. The topological polar surface area (TPSA) is 85.2 Å². The summed E-state index contributed by atoms with van der Waals surface area (Å²) in [6.07, 6.45) is -1.98. The van der Waals surface area contributed by atoms with E-state index in [0.29, 0.717) is 0 Å². The molecule has 0 aliphatic heterocycles. The highest BCUT2D eigenvalue weighted by atomic mass is 19.3. The lowest BCUT2D eigenvalue weighted by Gasteiger charge is -2.08. The van der Waals surface area contributed by atoms with Crippen LogP contribution in [0.25, 0.3) is 0 Å². The van der Waals surface area contributed by atoms with Gasteiger partial charge in [-0.05, 0) is 6.92 Å². The fourth-order valence-corrected chi connectivity index (χ4v) is 1.53. The molecule has 1 aromatic heterocycles. The van der Waals surface area contributed by atoms with Crippen molar-refractivity contribution in [2.24, 2.45) is 5.73 Å². The lowest BCUT2D eigenvalue weighted by atomic mass is 10.1. The molecule has 0 bridgehead atoms. The number of rotatable bonds is 5. The van der Waals surface area contributed by atoms with Crippen LogP contribution >= 0.6 is 0 Å². The summed E-state index contributed by atoms with van der Waals surface area (Å²) >= 11 is 0. The predicted octanol–water partition coefficient (Wildman–Crippen LogP) is 0.877. The Balaban J connectivity index is 3.10. The zero-order valence-electron chi connectivity index (χ0n) is 9.83. The van der Waals surface area contributed by atoms with E-state index < -0.39 is 23.5 Å². The Morgan fingerprint density at radius 1 is 1.56 bits per heavy atom. The van der Waals surface area contributed by atoms with Crippen LogP contribution in [0.1, 0.15) is 30.2 Å². The molecule has 18 heavy (non-hydrogen) atoms. The van der Waals surface area contributed by atoms with Crippen molar-refractivity contribution in [3.63, 3.8) is 0 Å². The van der Waals surface area contributed by atoms with Crippen LogP contribution in [0.2, 0.25) is 0 Å². The summed E-state index contributed by atoms with van der Waals surface area (Å²) in [5.41, 5.74) is 4.00. The van der Waals surface area contributed by atoms with Gasteiger partial charge in [0.15, 0.2) is 5.43 Å². The number of hydrogen-bond acceptors (Lipinski definition) is 4. The summed E-state index contributed by atoms with van der Waals surface area (Å²) in [5, 5.41) is 0. The maximum absolute atomic E-state index is 12.6. The van der Waals surface area contributed by atoms with E-state index in [0.717, 1.165) is 6.20 Å². The highest BCUT2D eigenvalue weighted by molar-refractivity contribution is 5.72. The second kappa shape index (κ2) is 6.25. The zero-order chi connectivity index (χ0) is 13.7. The minimum absolute atomic E-state index is 0.0679. The normalized spacial score (nSPS) is 10.7. The molecule has 3 N–H and O–H groups in total. The molecule has 1 aromatic rings. The first-order valence-corrected chi connectivity index (χ1v) is 5.38. The number of halogens is 2. The smallest absolute Gasteiger partial charge is 0.310 e. The van der Waals surface area contributed by atoms with E-state index in [9.17, 15) is 18.4 Å². The molecule has 1 rings (SSSR count). The van der Waals surface area contributed by atoms with Gasteiger partial charge in [-0.15, -0.1) is 0 Å². The number of ether oxygens (including phenoxy) is 1. The second-order valence-corrected chi connectivity index (χ2v) is 3.52. The predicted molar refractivity (Wildman–Crippen MR) is 60.2 cm³/mol. The Hall–Kier alpha value is -1.76. The SMILES string of the molecule is CCOC(=O)Cc1c[nH]c(C(F)F)c(CN)c1=O. The van der Waals surface area contributed by atoms with Crippen LogP contribution in [0.3, 0.4) is 0 Å². The van der Waals surface area contributed by atoms with Gasteiger partial charge in [-0.1, -0.05) is 0 Å². The molecule has 0 saturated heterocycles. The average Bonchev–Trinajstić information content (AvgIpc) is 2.31. The van der Waals surface area contributed by atoms with Crippen LogP contribution in [0.5, 0.6) is 0 Å². The van der Waals surface area contributed by atoms with Gasteiger partial charge in [0, 0.05) is 23.9 Å². The molecule has 0 fully saturated rings. The Morgan fingerprint density at radius 2 is 2.22 bits per heavy atom. The summed E-state index contributed by atoms with van der Waals surface area (Å²) in [5.74, 6) is -0.587. The molecular formula is C11H14F2N2O3. The van der Waals surface area contributed by atoms with Gasteiger partial charge in [-0.25, -0.2) is 8.78 Å². The van der Waals surface area contributed by atoms with Gasteiger partial charge in [0.25, 0.3) is 6.43 Å². The van der Waals surface area contributed by atoms with E-state index in [-0.39, 0.29) is 30.7 Å². The van der Waals surface area contributed by atoms with E-state index in [2.05, 4.69) is 9.72 Å². The lowest BCUT2D eigenvalue weighted by Crippen LogP contribution is -2.24. The summed E-state index contributed by atoms with van der Waals surface area (Å²) < 4.78 is 29.9. The van der Waals surface area contributed by atoms with Gasteiger partial charge in [0.1, 0.15) is 0 Å². The summed E-state index contributed by atoms with van der Waals surface area (Å²) in [4.78, 5) is 25.4. The maximum Gasteiger partial charge on any atom is 0.310 e. The van der Waals surface area contributed by atoms with Gasteiger partial charge < -0.3 is 15.5 Å². The number of aromatic amines is 1. The Morgan fingerprint density at radius 3 is 2.72 bits per heavy atom. The second-order valence-electron chi connectivity index (χ2n) is 3.52. The van der Waals surface area contributed by atoms with Gasteiger partial charge in [-0.2, -0.15) is 0 Å². The molecule has 0 radical (unpaired) electrons. The lowest BCUT2D eigenvalue weighted by molar-refractivity contribution is -0.142. The number of hydrogen-bond donors (Lipinski definition) is 2. The molecule has 7 heteroatoms. The Labute approximate surface area is 102 Å². The number of alkyl halides is 2. The van der Waals surface area contributed by atoms with E-state index in [1.807, 2.05) is 0 Å². The molecule has 0 aromatic carbocycles. The van der Waals surface area contributed by atoms with Crippen molar-refractivity contribution in [1.82, 2.24) is 4.98 Å². The summed E-state index contributed by atoms with van der Waals surface area (Å²) in [6, 6.07) is 0. The van der Waals surface area contributed by atoms with E-state index in [1.165, 1.54) is 0 Å². The summed E-state index contributed by atoms with van der Waals surface area (Å²) in [6.45, 7) is 1.51. The van der Waals surface area contributed by atoms with Crippen molar-refractivity contribution in [1.29, 1.82) is 0 Å². The third-order valence-corrected chi connectivity index (χ3v) is 2.36. The van der Waals surface area contributed by atoms with Crippen LogP contribution in [0.15, 0.2) is 11.0 Å². The molecule has 100 valence electrons. The fourth-order valence-electron chi connectivity index (χ4n) is 1.53. The molecule has 0 aliphatic rings. The van der Waals surface area contributed by atoms with Gasteiger partial charge in [-0.3, -0.25) is 9.59 Å². The van der Waals surface area contributed by atoms with Crippen molar-refractivity contribution in [2.45, 2.75) is 26.3 Å². The first-order valence-electron chi connectivity index (χ1n) is 5.38. The highest BCUT2D eigenvalue weighted by Crippen LogP contribution is 2.18. The fraction of sp³-hybridized carbons (Fsp3) is 0.455. The number of nitrogens with two attached hydrogens (primary N) is 1. The molecule has 0 spiro atoms. The van der Waals surface area contributed by atoms with Crippen molar-refractivity contribution < 1.29 is 18.3 Å². The number of H-pyrrole nitrogens is 1. The van der Waals surface area contributed by atoms with Crippen LogP contribution < -0.4 is 11.2 Å². The first kappa shape index (κ1) is 14.3. The summed E-state index contributed by atoms with van der Waals surface area (Å²) in [7, 11) is 0. The number of carbonyl (C=O) groups is 1. The van der Waals surface area contributed by atoms with Crippen LogP contribution in [-0.2, 0) is 22.5 Å². The van der Waals surface area contributed by atoms with E-state index in [4.69, 9.17) is 5.73 Å². The molecule has 0 saturated carbocycles. The molecule has 0 unspecified atom stereocenters. The third-order valence-electron chi connectivity index (χ3n) is 2.36. The zero-order valence-corrected chi connectivity index (χ0v) is 9.83. The number of nitrogens with one attached hydrogen (secondary N) is 1. The Kier molecular flexibility index (Phi) is 4.96. The van der Waals surface area contributed by atoms with Gasteiger partial charge >= 0.3 is 5.97 Å².